The molecule has 0 aliphatic carbocycles. The lowest BCUT2D eigenvalue weighted by Crippen LogP contribution is -2.35. The van der Waals surface area contributed by atoms with Crippen LogP contribution in [0.2, 0.25) is 0 Å². The second-order valence-electron chi connectivity index (χ2n) is 6.25. The van der Waals surface area contributed by atoms with Gasteiger partial charge in [0.1, 0.15) is 24.4 Å². The van der Waals surface area contributed by atoms with Crippen LogP contribution in [0.1, 0.15) is 13.2 Å². The van der Waals surface area contributed by atoms with Crippen LogP contribution in [0.25, 0.3) is 11.2 Å². The van der Waals surface area contributed by atoms with Crippen molar-refractivity contribution in [3.05, 3.63) is 12.4 Å². The number of aliphatic hydroxyl groups is 2. The lowest BCUT2D eigenvalue weighted by atomic mass is 10.1. The summed E-state index contributed by atoms with van der Waals surface area (Å²) in [5.74, 6) is -1.62. The van der Waals surface area contributed by atoms with Crippen LogP contribution in [-0.2, 0) is 18.6 Å². The van der Waals surface area contributed by atoms with Crippen LogP contribution < -0.4 is 10.8 Å². The van der Waals surface area contributed by atoms with E-state index in [9.17, 15) is 28.9 Å². The maximum Gasteiger partial charge on any atom is 0.403 e. The van der Waals surface area contributed by atoms with Crippen LogP contribution in [0.3, 0.4) is 0 Å². The second-order valence-corrected chi connectivity index (χ2v) is 7.81. The summed E-state index contributed by atoms with van der Waals surface area (Å²) < 4.78 is 36.7. The number of nitrogens with one attached hydrogen (secondary N) is 1. The fourth-order valence-corrected chi connectivity index (χ4v) is 3.73. The highest BCUT2D eigenvalue weighted by Gasteiger charge is 2.45. The molecular weight excluding hydrogens is 418 g/mol. The molecule has 1 fully saturated rings. The molecule has 0 amide bonds. The Hall–Kier alpha value is -2.26. The Kier molecular flexibility index (Phi) is 5.82. The first-order valence-electron chi connectivity index (χ1n) is 8.15. The zero-order valence-electron chi connectivity index (χ0n) is 14.8. The summed E-state index contributed by atoms with van der Waals surface area (Å²) in [5, 5.41) is 31.1. The first kappa shape index (κ1) is 21.4. The van der Waals surface area contributed by atoms with Crippen molar-refractivity contribution in [2.75, 3.05) is 12.3 Å². The molecule has 3 rings (SSSR count). The number of hydrogen-bond acceptors (Lipinski definition) is 10. The number of carboxylic acid groups (broad SMARTS) is 1. The number of aromatic nitrogens is 4. The number of fused-ring (bicyclic) bond motifs is 1. The van der Waals surface area contributed by atoms with Gasteiger partial charge in [-0.15, -0.1) is 0 Å². The molecule has 1 aliphatic rings. The molecule has 1 unspecified atom stereocenters. The number of imidazole rings is 1. The maximum absolute atomic E-state index is 13.5. The molecule has 29 heavy (non-hydrogen) atoms. The van der Waals surface area contributed by atoms with Crippen LogP contribution in [0.15, 0.2) is 6.33 Å². The molecule has 16 heteroatoms. The van der Waals surface area contributed by atoms with Crippen LogP contribution in [0, 0.1) is 6.08 Å². The van der Waals surface area contributed by atoms with E-state index in [0.717, 1.165) is 17.8 Å². The van der Waals surface area contributed by atoms with Gasteiger partial charge in [-0.2, -0.15) is 14.4 Å². The molecule has 160 valence electrons. The topological polar surface area (TPSA) is 215 Å². The summed E-state index contributed by atoms with van der Waals surface area (Å²) in [6.07, 6.45) is -5.67. The number of aliphatic hydroxyl groups excluding tert-OH is 2. The summed E-state index contributed by atoms with van der Waals surface area (Å²) in [6, 6.07) is -1.38. The highest BCUT2D eigenvalue weighted by Crippen LogP contribution is 2.40. The van der Waals surface area contributed by atoms with E-state index in [1.807, 2.05) is 5.09 Å². The van der Waals surface area contributed by atoms with Gasteiger partial charge in [0.05, 0.1) is 12.9 Å². The molecule has 0 aromatic carbocycles. The smallest absolute Gasteiger partial charge is 0.403 e. The largest absolute Gasteiger partial charge is 0.480 e. The summed E-state index contributed by atoms with van der Waals surface area (Å²) in [5.41, 5.74) is 5.51. The zero-order valence-corrected chi connectivity index (χ0v) is 15.7. The summed E-state index contributed by atoms with van der Waals surface area (Å²) in [4.78, 5) is 31.2. The van der Waals surface area contributed by atoms with Gasteiger partial charge in [-0.1, -0.05) is 0 Å². The van der Waals surface area contributed by atoms with Gasteiger partial charge < -0.3 is 30.7 Å². The van der Waals surface area contributed by atoms with Crippen LogP contribution in [-0.4, -0.2) is 76.7 Å². The van der Waals surface area contributed by atoms with Gasteiger partial charge in [0.2, 0.25) is 0 Å². The normalized spacial score (nSPS) is 27.8. The SMILES string of the molecule is C[C@@H](NP(=O)(O)OC[C@@H]1O[C@@H](n2cnc3c(N)nc(F)nc32)[C@H](O)[C@H]1O)C(=O)O. The number of halogens is 1. The molecule has 0 saturated carbocycles. The van der Waals surface area contributed by atoms with Crippen molar-refractivity contribution in [3.8, 4) is 0 Å². The second kappa shape index (κ2) is 7.87. The molecular formula is C13H18FN6O8P. The van der Waals surface area contributed by atoms with E-state index >= 15 is 0 Å². The van der Waals surface area contributed by atoms with E-state index < -0.39 is 57.0 Å². The van der Waals surface area contributed by atoms with E-state index in [1.165, 1.54) is 0 Å². The van der Waals surface area contributed by atoms with E-state index in [0.29, 0.717) is 0 Å². The average Bonchev–Trinajstić information content (AvgIpc) is 3.15. The van der Waals surface area contributed by atoms with Crippen LogP contribution in [0.5, 0.6) is 0 Å². The Morgan fingerprint density at radius 1 is 1.48 bits per heavy atom. The van der Waals surface area contributed by atoms with Crippen molar-refractivity contribution in [1.29, 1.82) is 0 Å². The summed E-state index contributed by atoms with van der Waals surface area (Å²) in [6.45, 7) is 0.464. The number of nitrogen functional groups attached to an aromatic ring is 1. The standard InChI is InChI=1S/C13H18FN6O8P/c1-4(12(23)24)19-29(25,26)27-2-5-7(21)8(22)11(28-5)20-3-16-6-9(15)17-13(14)18-10(6)20/h3-5,7-8,11,21-22H,2H2,1H3,(H,23,24)(H2,15,17,18)(H2,19,25,26)/t4-,5+,7+,8-,11-/m1/s1. The molecule has 1 saturated heterocycles. The highest BCUT2D eigenvalue weighted by molar-refractivity contribution is 7.50. The van der Waals surface area contributed by atoms with Gasteiger partial charge in [-0.25, -0.2) is 14.6 Å². The third-order valence-corrected chi connectivity index (χ3v) is 5.39. The molecule has 3 heterocycles. The number of rotatable bonds is 7. The van der Waals surface area contributed by atoms with Gasteiger partial charge in [-0.05, 0) is 6.92 Å². The Balaban J connectivity index is 1.74. The third kappa shape index (κ3) is 4.35. The summed E-state index contributed by atoms with van der Waals surface area (Å²) in [7, 11) is -4.54. The van der Waals surface area contributed by atoms with E-state index in [2.05, 4.69) is 15.0 Å². The van der Waals surface area contributed by atoms with Crippen molar-refractivity contribution in [1.82, 2.24) is 24.6 Å². The van der Waals surface area contributed by atoms with Gasteiger partial charge in [0, 0.05) is 0 Å². The predicted octanol–water partition coefficient (Wildman–Crippen LogP) is -1.65. The minimum atomic E-state index is -4.54. The molecule has 7 N–H and O–H groups in total. The number of carbonyl (C=O) groups is 1. The average molecular weight is 436 g/mol. The van der Waals surface area contributed by atoms with Crippen molar-refractivity contribution in [2.45, 2.75) is 37.5 Å². The molecule has 2 aromatic heterocycles. The van der Waals surface area contributed by atoms with Crippen molar-refractivity contribution in [2.24, 2.45) is 0 Å². The number of carboxylic acids is 1. The Morgan fingerprint density at radius 3 is 2.83 bits per heavy atom. The predicted molar refractivity (Wildman–Crippen MR) is 91.6 cm³/mol. The van der Waals surface area contributed by atoms with Crippen LogP contribution in [0.4, 0.5) is 10.2 Å². The van der Waals surface area contributed by atoms with Crippen molar-refractivity contribution >= 4 is 30.7 Å². The fourth-order valence-electron chi connectivity index (χ4n) is 2.71. The quantitative estimate of drug-likeness (QED) is 0.212. The minimum Gasteiger partial charge on any atom is -0.480 e. The highest BCUT2D eigenvalue weighted by atomic mass is 31.2. The Morgan fingerprint density at radius 2 is 2.17 bits per heavy atom. The number of aliphatic carboxylic acids is 1. The Bertz CT molecular complexity index is 974. The number of nitrogens with two attached hydrogens (primary N) is 1. The molecule has 0 spiro atoms. The molecule has 0 radical (unpaired) electrons. The van der Waals surface area contributed by atoms with Gasteiger partial charge in [0.15, 0.2) is 23.2 Å². The first-order chi connectivity index (χ1) is 13.5. The lowest BCUT2D eigenvalue weighted by molar-refractivity contribution is -0.138. The van der Waals surface area contributed by atoms with Crippen molar-refractivity contribution < 1.29 is 43.2 Å². The molecule has 0 bridgehead atoms. The number of nitrogens with zero attached hydrogens (tertiary/aromatic N) is 4. The fraction of sp³-hybridized carbons (Fsp3) is 0.538. The molecule has 6 atom stereocenters. The monoisotopic (exact) mass is 436 g/mol. The molecule has 2 aromatic rings. The van der Waals surface area contributed by atoms with Gasteiger partial charge in [-0.3, -0.25) is 13.9 Å². The van der Waals surface area contributed by atoms with Crippen molar-refractivity contribution in [3.63, 3.8) is 0 Å². The number of hydrogen-bond donors (Lipinski definition) is 6. The van der Waals surface area contributed by atoms with Gasteiger partial charge >= 0.3 is 19.8 Å². The Labute approximate surface area is 161 Å². The van der Waals surface area contributed by atoms with Crippen LogP contribution >= 0.6 is 7.75 Å². The maximum atomic E-state index is 13.5. The number of ether oxygens (including phenoxy) is 1. The first-order valence-corrected chi connectivity index (χ1v) is 9.73. The third-order valence-electron chi connectivity index (χ3n) is 4.17. The van der Waals surface area contributed by atoms with E-state index in [1.54, 1.807) is 0 Å². The lowest BCUT2D eigenvalue weighted by Gasteiger charge is -2.19. The molecule has 14 nitrogen and oxygen atoms in total. The minimum absolute atomic E-state index is 0.0445. The number of anilines is 1. The molecule has 1 aliphatic heterocycles. The van der Waals surface area contributed by atoms with Gasteiger partial charge in [0.25, 0.3) is 0 Å². The summed E-state index contributed by atoms with van der Waals surface area (Å²) >= 11 is 0. The van der Waals surface area contributed by atoms with E-state index in [4.69, 9.17) is 20.1 Å². The van der Waals surface area contributed by atoms with E-state index in [-0.39, 0.29) is 17.0 Å². The zero-order chi connectivity index (χ0) is 21.5.